The normalized spacial score (nSPS) is 24.3. The summed E-state index contributed by atoms with van der Waals surface area (Å²) in [5, 5.41) is 2.74. The van der Waals surface area contributed by atoms with Crippen LogP contribution in [-0.4, -0.2) is 42.3 Å². The summed E-state index contributed by atoms with van der Waals surface area (Å²) in [4.78, 5) is 15.5. The SMILES string of the molecule is O=C1NC(=S)SC1=Cc1ccc(N2CCCCCCCCCCCCCCCCCCCCCCCCCCCCCCCCCCCCCCCCCCCCCCCCC3(CC2)OCCO3)cc1. The molecule has 1 N–H and O–H groups in total. The predicted molar refractivity (Wildman–Crippen MR) is 311 cm³/mol. The van der Waals surface area contributed by atoms with Crippen molar-refractivity contribution < 1.29 is 14.3 Å². The lowest BCUT2D eigenvalue weighted by Gasteiger charge is -2.32. The van der Waals surface area contributed by atoms with Crippen molar-refractivity contribution in [3.05, 3.63) is 34.7 Å². The molecule has 0 atom stereocenters. The number of thiocarbonyl (C=S) groups is 1. The molecule has 1 aromatic carbocycles. The molecule has 3 heterocycles. The Bertz CT molecular complexity index is 1430. The van der Waals surface area contributed by atoms with Crippen LogP contribution in [0.2, 0.25) is 0 Å². The second-order valence-corrected chi connectivity index (χ2v) is 24.0. The van der Waals surface area contributed by atoms with Crippen LogP contribution in [-0.2, 0) is 14.3 Å². The molecule has 4 rings (SSSR count). The predicted octanol–water partition coefficient (Wildman–Crippen LogP) is 20.5. The van der Waals surface area contributed by atoms with E-state index >= 15 is 0 Å². The standard InChI is InChI=1S/C63H110N2O3S2/c66-61-60(70-62(69)64-61)57-58-47-49-59(50-48-58)65-53-46-44-42-40-38-36-34-32-30-28-26-24-22-20-18-16-14-12-10-8-6-4-2-1-3-5-7-9-11-13-15-17-19-21-23-25-27-29-31-33-35-37-39-41-43-45-51-63(52-54-65)67-55-56-68-63/h47-50,57H,1-46,51-56H2,(H,64,66,69). The van der Waals surface area contributed by atoms with Crippen LogP contribution in [0, 0.1) is 0 Å². The molecule has 402 valence electrons. The van der Waals surface area contributed by atoms with Gasteiger partial charge >= 0.3 is 0 Å². The van der Waals surface area contributed by atoms with Crippen molar-refractivity contribution in [3.8, 4) is 0 Å². The topological polar surface area (TPSA) is 50.8 Å². The monoisotopic (exact) mass is 1010 g/mol. The first kappa shape index (κ1) is 61.1. The Morgan fingerprint density at radius 3 is 1.01 bits per heavy atom. The van der Waals surface area contributed by atoms with Crippen LogP contribution in [0.25, 0.3) is 6.08 Å². The summed E-state index contributed by atoms with van der Waals surface area (Å²) in [5.74, 6) is -0.547. The van der Waals surface area contributed by atoms with Crippen molar-refractivity contribution in [1.29, 1.82) is 0 Å². The van der Waals surface area contributed by atoms with Crippen molar-refractivity contribution in [2.75, 3.05) is 31.2 Å². The highest BCUT2D eigenvalue weighted by atomic mass is 32.2. The van der Waals surface area contributed by atoms with E-state index in [0.717, 1.165) is 31.5 Å². The fourth-order valence-corrected chi connectivity index (χ4v) is 12.5. The van der Waals surface area contributed by atoms with E-state index in [1.165, 1.54) is 313 Å². The molecule has 0 radical (unpaired) electrons. The van der Waals surface area contributed by atoms with Crippen LogP contribution >= 0.6 is 24.0 Å². The third kappa shape index (κ3) is 31.4. The van der Waals surface area contributed by atoms with E-state index in [1.54, 1.807) is 0 Å². The molecule has 1 aromatic rings. The van der Waals surface area contributed by atoms with Crippen LogP contribution < -0.4 is 10.2 Å². The molecule has 0 unspecified atom stereocenters. The summed E-state index contributed by atoms with van der Waals surface area (Å²) in [6.45, 7) is 3.38. The summed E-state index contributed by atoms with van der Waals surface area (Å²) < 4.78 is 13.4. The summed E-state index contributed by atoms with van der Waals surface area (Å²) in [6, 6.07) is 8.74. The van der Waals surface area contributed by atoms with Crippen molar-refractivity contribution in [3.63, 3.8) is 0 Å². The first-order valence-corrected chi connectivity index (χ1v) is 32.2. The van der Waals surface area contributed by atoms with Gasteiger partial charge in [-0.1, -0.05) is 319 Å². The summed E-state index contributed by atoms with van der Waals surface area (Å²) in [7, 11) is 0. The maximum absolute atomic E-state index is 12.3. The lowest BCUT2D eigenvalue weighted by Crippen LogP contribution is -2.37. The number of rotatable bonds is 2. The Morgan fingerprint density at radius 1 is 0.414 bits per heavy atom. The zero-order chi connectivity index (χ0) is 49.1. The Morgan fingerprint density at radius 2 is 0.714 bits per heavy atom. The largest absolute Gasteiger partial charge is 0.371 e. The van der Waals surface area contributed by atoms with E-state index in [4.69, 9.17) is 21.7 Å². The molecule has 5 nitrogen and oxygen atoms in total. The third-order valence-electron chi connectivity index (χ3n) is 16.0. The van der Waals surface area contributed by atoms with Gasteiger partial charge in [-0.05, 0) is 36.6 Å². The van der Waals surface area contributed by atoms with Gasteiger partial charge in [0.1, 0.15) is 4.32 Å². The van der Waals surface area contributed by atoms with Gasteiger partial charge in [0, 0.05) is 31.6 Å². The Hall–Kier alpha value is -1.41. The Labute approximate surface area is 443 Å². The Kier molecular flexibility index (Phi) is 37.5. The van der Waals surface area contributed by atoms with Crippen molar-refractivity contribution in [1.82, 2.24) is 5.32 Å². The number of carbonyl (C=O) groups is 1. The number of ether oxygens (including phenoxy) is 2. The van der Waals surface area contributed by atoms with Crippen LogP contribution in [0.3, 0.4) is 0 Å². The van der Waals surface area contributed by atoms with Gasteiger partial charge in [-0.2, -0.15) is 0 Å². The number of amides is 1. The highest BCUT2D eigenvalue weighted by Gasteiger charge is 2.36. The number of hydrogen-bond donors (Lipinski definition) is 1. The van der Waals surface area contributed by atoms with Crippen molar-refractivity contribution in [2.24, 2.45) is 0 Å². The quantitative estimate of drug-likeness (QED) is 0.235. The van der Waals surface area contributed by atoms with Crippen LogP contribution in [0.4, 0.5) is 5.69 Å². The second-order valence-electron chi connectivity index (χ2n) is 22.3. The average Bonchev–Trinajstić information content (AvgIpc) is 3.97. The molecule has 3 fully saturated rings. The molecule has 0 aromatic heterocycles. The van der Waals surface area contributed by atoms with Crippen molar-refractivity contribution >= 4 is 46.0 Å². The minimum Gasteiger partial charge on any atom is -0.371 e. The first-order valence-electron chi connectivity index (χ1n) is 31.0. The zero-order valence-electron chi connectivity index (χ0n) is 45.6. The fourth-order valence-electron chi connectivity index (χ4n) is 11.4. The van der Waals surface area contributed by atoms with Crippen molar-refractivity contribution in [2.45, 2.75) is 314 Å². The van der Waals surface area contributed by atoms with Crippen LogP contribution in [0.15, 0.2) is 29.2 Å². The van der Waals surface area contributed by atoms with Gasteiger partial charge in [0.25, 0.3) is 5.91 Å². The number of nitrogens with one attached hydrogen (secondary N) is 1. The van der Waals surface area contributed by atoms with Gasteiger partial charge in [0.05, 0.1) is 18.1 Å². The van der Waals surface area contributed by atoms with E-state index in [2.05, 4.69) is 34.5 Å². The molecular formula is C63H110N2O3S2. The van der Waals surface area contributed by atoms with Gasteiger partial charge in [0.2, 0.25) is 0 Å². The minimum atomic E-state index is -0.449. The number of hydrogen-bond acceptors (Lipinski definition) is 6. The van der Waals surface area contributed by atoms with Gasteiger partial charge in [-0.15, -0.1) is 0 Å². The maximum atomic E-state index is 12.3. The van der Waals surface area contributed by atoms with E-state index in [1.807, 2.05) is 6.08 Å². The third-order valence-corrected chi connectivity index (χ3v) is 17.2. The van der Waals surface area contributed by atoms with E-state index in [-0.39, 0.29) is 5.91 Å². The number of thioether (sulfide) groups is 1. The second kappa shape index (κ2) is 42.9. The maximum Gasteiger partial charge on any atom is 0.263 e. The number of benzene rings is 1. The van der Waals surface area contributed by atoms with Gasteiger partial charge < -0.3 is 19.7 Å². The highest BCUT2D eigenvalue weighted by molar-refractivity contribution is 8.26. The molecule has 0 aliphatic carbocycles. The van der Waals surface area contributed by atoms with Gasteiger partial charge in [-0.3, -0.25) is 4.79 Å². The Balaban J connectivity index is 1.13. The molecular weight excluding hydrogens is 897 g/mol. The average molecular weight is 1010 g/mol. The molecule has 7 heteroatoms. The molecule has 1 spiro atoms. The molecule has 3 aliphatic rings. The molecule has 70 heavy (non-hydrogen) atoms. The van der Waals surface area contributed by atoms with Crippen LogP contribution in [0.5, 0.6) is 0 Å². The molecule has 0 bridgehead atoms. The smallest absolute Gasteiger partial charge is 0.263 e. The van der Waals surface area contributed by atoms with E-state index in [9.17, 15) is 4.79 Å². The summed E-state index contributed by atoms with van der Waals surface area (Å²) >= 11 is 6.56. The first-order chi connectivity index (χ1) is 34.6. The zero-order valence-corrected chi connectivity index (χ0v) is 47.3. The summed E-state index contributed by atoms with van der Waals surface area (Å²) in [5.41, 5.74) is 2.27. The van der Waals surface area contributed by atoms with Gasteiger partial charge in [-0.25, -0.2) is 0 Å². The highest BCUT2D eigenvalue weighted by Crippen LogP contribution is 2.32. The van der Waals surface area contributed by atoms with Crippen LogP contribution in [0.1, 0.15) is 314 Å². The molecule has 3 saturated heterocycles. The fraction of sp³-hybridized carbons (Fsp3) is 0.841. The lowest BCUT2D eigenvalue weighted by atomic mass is 10.0. The number of nitrogens with zero attached hydrogens (tertiary/aromatic N) is 1. The minimum absolute atomic E-state index is 0.0980. The number of anilines is 1. The molecule has 1 amide bonds. The molecule has 3 aliphatic heterocycles. The molecule has 0 saturated carbocycles. The van der Waals surface area contributed by atoms with Gasteiger partial charge in [0.15, 0.2) is 5.79 Å². The lowest BCUT2D eigenvalue weighted by molar-refractivity contribution is -0.166. The summed E-state index contributed by atoms with van der Waals surface area (Å²) in [6.07, 6.45) is 69.5. The van der Waals surface area contributed by atoms with E-state index in [0.29, 0.717) is 22.4 Å². The number of carbonyl (C=O) groups excluding carboxylic acids is 1. The van der Waals surface area contributed by atoms with E-state index < -0.39 is 5.79 Å².